The minimum absolute atomic E-state index is 0.0498. The summed E-state index contributed by atoms with van der Waals surface area (Å²) in [5.74, 6) is -2.34. The molecule has 0 radical (unpaired) electrons. The van der Waals surface area contributed by atoms with E-state index in [2.05, 4.69) is 0 Å². The van der Waals surface area contributed by atoms with Crippen molar-refractivity contribution in [1.29, 1.82) is 0 Å². The summed E-state index contributed by atoms with van der Waals surface area (Å²) < 4.78 is 54.0. The SMILES string of the molecule is CN1CC(=O)N(c2ccccc2)CC12CCN(S(=O)(=O)c1ccc(F)c(F)c1)C2. The minimum Gasteiger partial charge on any atom is -0.309 e. The maximum absolute atomic E-state index is 13.6. The molecule has 154 valence electrons. The van der Waals surface area contributed by atoms with Gasteiger partial charge in [0, 0.05) is 25.3 Å². The van der Waals surface area contributed by atoms with Gasteiger partial charge in [-0.1, -0.05) is 18.2 Å². The molecule has 0 aromatic heterocycles. The van der Waals surface area contributed by atoms with Crippen LogP contribution in [0.25, 0.3) is 0 Å². The molecule has 1 spiro atoms. The second-order valence-corrected chi connectivity index (χ2v) is 9.50. The Morgan fingerprint density at radius 2 is 1.72 bits per heavy atom. The molecule has 9 heteroatoms. The van der Waals surface area contributed by atoms with Crippen LogP contribution >= 0.6 is 0 Å². The first-order valence-electron chi connectivity index (χ1n) is 9.25. The van der Waals surface area contributed by atoms with Gasteiger partial charge in [-0.2, -0.15) is 4.31 Å². The Balaban J connectivity index is 1.61. The number of hydrogen-bond acceptors (Lipinski definition) is 4. The summed E-state index contributed by atoms with van der Waals surface area (Å²) in [6, 6.07) is 11.9. The molecule has 2 heterocycles. The predicted octanol–water partition coefficient (Wildman–Crippen LogP) is 2.08. The molecule has 0 N–H and O–H groups in total. The highest BCUT2D eigenvalue weighted by Crippen LogP contribution is 2.35. The highest BCUT2D eigenvalue weighted by Gasteiger charge is 2.50. The molecule has 1 atom stereocenters. The highest BCUT2D eigenvalue weighted by molar-refractivity contribution is 7.89. The average Bonchev–Trinajstić information content (AvgIpc) is 3.14. The lowest BCUT2D eigenvalue weighted by Crippen LogP contribution is -2.64. The van der Waals surface area contributed by atoms with Crippen molar-refractivity contribution >= 4 is 21.6 Å². The lowest BCUT2D eigenvalue weighted by Gasteiger charge is -2.46. The molecule has 2 aliphatic heterocycles. The highest BCUT2D eigenvalue weighted by atomic mass is 32.2. The third kappa shape index (κ3) is 3.43. The predicted molar refractivity (Wildman–Crippen MR) is 104 cm³/mol. The Labute approximate surface area is 168 Å². The van der Waals surface area contributed by atoms with E-state index >= 15 is 0 Å². The molecule has 1 unspecified atom stereocenters. The lowest BCUT2D eigenvalue weighted by molar-refractivity contribution is -0.123. The van der Waals surface area contributed by atoms with Gasteiger partial charge < -0.3 is 4.90 Å². The van der Waals surface area contributed by atoms with Crippen molar-refractivity contribution in [2.45, 2.75) is 16.9 Å². The number of hydrogen-bond donors (Lipinski definition) is 0. The summed E-state index contributed by atoms with van der Waals surface area (Å²) in [5, 5.41) is 0. The molecule has 2 saturated heterocycles. The summed E-state index contributed by atoms with van der Waals surface area (Å²) in [6.07, 6.45) is 0.531. The number of halogens is 2. The van der Waals surface area contributed by atoms with Crippen molar-refractivity contribution in [2.24, 2.45) is 0 Å². The number of nitrogens with zero attached hydrogens (tertiary/aromatic N) is 3. The third-order valence-corrected chi connectivity index (χ3v) is 7.67. The minimum atomic E-state index is -3.98. The molecule has 6 nitrogen and oxygen atoms in total. The van der Waals surface area contributed by atoms with E-state index in [-0.39, 0.29) is 30.4 Å². The Morgan fingerprint density at radius 3 is 2.41 bits per heavy atom. The van der Waals surface area contributed by atoms with Crippen molar-refractivity contribution < 1.29 is 22.0 Å². The second kappa shape index (κ2) is 7.16. The topological polar surface area (TPSA) is 60.9 Å². The number of carbonyl (C=O) groups excluding carboxylic acids is 1. The monoisotopic (exact) mass is 421 g/mol. The van der Waals surface area contributed by atoms with Crippen molar-refractivity contribution in [3.05, 3.63) is 60.2 Å². The van der Waals surface area contributed by atoms with Crippen molar-refractivity contribution in [3.63, 3.8) is 0 Å². The zero-order valence-electron chi connectivity index (χ0n) is 15.9. The summed E-state index contributed by atoms with van der Waals surface area (Å²) in [4.78, 5) is 15.9. The molecule has 2 aromatic rings. The molecule has 0 saturated carbocycles. The molecule has 1 amide bonds. The largest absolute Gasteiger partial charge is 0.309 e. The molecule has 2 fully saturated rings. The van der Waals surface area contributed by atoms with Crippen molar-refractivity contribution in [2.75, 3.05) is 38.1 Å². The molecule has 0 bridgehead atoms. The summed E-state index contributed by atoms with van der Waals surface area (Å²) in [6.45, 7) is 0.939. The number of anilines is 1. The Bertz CT molecular complexity index is 1050. The van der Waals surface area contributed by atoms with E-state index in [1.54, 1.807) is 4.90 Å². The zero-order valence-corrected chi connectivity index (χ0v) is 16.7. The number of para-hydroxylation sites is 1. The fraction of sp³-hybridized carbons (Fsp3) is 0.350. The van der Waals surface area contributed by atoms with Gasteiger partial charge in [0.15, 0.2) is 11.6 Å². The van der Waals surface area contributed by atoms with E-state index in [1.165, 1.54) is 4.31 Å². The van der Waals surface area contributed by atoms with Crippen LogP contribution in [0.15, 0.2) is 53.4 Å². The van der Waals surface area contributed by atoms with E-state index in [9.17, 15) is 22.0 Å². The number of piperazine rings is 1. The fourth-order valence-corrected chi connectivity index (χ4v) is 5.59. The van der Waals surface area contributed by atoms with Gasteiger partial charge in [-0.25, -0.2) is 17.2 Å². The van der Waals surface area contributed by atoms with Gasteiger partial charge >= 0.3 is 0 Å². The number of sulfonamides is 1. The molecular formula is C20H21F2N3O3S. The number of likely N-dealkylation sites (N-methyl/N-ethyl adjacent to an activating group) is 1. The average molecular weight is 421 g/mol. The zero-order chi connectivity index (χ0) is 20.8. The van der Waals surface area contributed by atoms with Gasteiger partial charge in [0.2, 0.25) is 15.9 Å². The van der Waals surface area contributed by atoms with Crippen molar-refractivity contribution in [3.8, 4) is 0 Å². The maximum atomic E-state index is 13.6. The van der Waals surface area contributed by atoms with Gasteiger partial charge in [0.1, 0.15) is 0 Å². The normalized spacial score (nSPS) is 23.8. The Morgan fingerprint density at radius 1 is 1.00 bits per heavy atom. The molecule has 2 aromatic carbocycles. The van der Waals surface area contributed by atoms with E-state index < -0.39 is 27.2 Å². The van der Waals surface area contributed by atoms with Gasteiger partial charge in [-0.15, -0.1) is 0 Å². The summed E-state index contributed by atoms with van der Waals surface area (Å²) in [5.41, 5.74) is 0.224. The van der Waals surface area contributed by atoms with Gasteiger partial charge in [-0.05, 0) is 43.8 Å². The van der Waals surface area contributed by atoms with Crippen LogP contribution in [0.3, 0.4) is 0 Å². The second-order valence-electron chi connectivity index (χ2n) is 7.56. The van der Waals surface area contributed by atoms with Crippen LogP contribution in [-0.2, 0) is 14.8 Å². The van der Waals surface area contributed by atoms with Crippen LogP contribution in [0, 0.1) is 11.6 Å². The Hall–Kier alpha value is -2.36. The smallest absolute Gasteiger partial charge is 0.243 e. The molecule has 4 rings (SSSR count). The molecule has 0 aliphatic carbocycles. The summed E-state index contributed by atoms with van der Waals surface area (Å²) in [7, 11) is -2.16. The first-order chi connectivity index (χ1) is 13.7. The lowest BCUT2D eigenvalue weighted by atomic mass is 9.92. The number of benzene rings is 2. The number of carbonyl (C=O) groups is 1. The fourth-order valence-electron chi connectivity index (χ4n) is 4.05. The first kappa shape index (κ1) is 19.9. The van der Waals surface area contributed by atoms with Crippen molar-refractivity contribution in [1.82, 2.24) is 9.21 Å². The maximum Gasteiger partial charge on any atom is 0.243 e. The van der Waals surface area contributed by atoms with Gasteiger partial charge in [0.25, 0.3) is 0 Å². The van der Waals surface area contributed by atoms with Crippen LogP contribution in [0.1, 0.15) is 6.42 Å². The molecule has 29 heavy (non-hydrogen) atoms. The van der Waals surface area contributed by atoms with Gasteiger partial charge in [0.05, 0.1) is 17.0 Å². The van der Waals surface area contributed by atoms with Crippen LogP contribution in [0.5, 0.6) is 0 Å². The van der Waals surface area contributed by atoms with Crippen LogP contribution < -0.4 is 4.90 Å². The van der Waals surface area contributed by atoms with Crippen LogP contribution in [0.4, 0.5) is 14.5 Å². The van der Waals surface area contributed by atoms with E-state index in [0.29, 0.717) is 19.0 Å². The third-order valence-electron chi connectivity index (χ3n) is 5.83. The van der Waals surface area contributed by atoms with Gasteiger partial charge in [-0.3, -0.25) is 9.69 Å². The quantitative estimate of drug-likeness (QED) is 0.762. The number of amides is 1. The van der Waals surface area contributed by atoms with Crippen LogP contribution in [-0.4, -0.2) is 62.3 Å². The van der Waals surface area contributed by atoms with E-state index in [1.807, 2.05) is 42.3 Å². The Kier molecular flexibility index (Phi) is 4.92. The summed E-state index contributed by atoms with van der Waals surface area (Å²) >= 11 is 0. The van der Waals surface area contributed by atoms with E-state index in [4.69, 9.17) is 0 Å². The standard InChI is InChI=1S/C20H21F2N3O3S/c1-23-12-19(26)25(15-5-3-2-4-6-15)14-20(23)9-10-24(13-20)29(27,28)16-7-8-17(21)18(22)11-16/h2-8,11H,9-10,12-14H2,1H3. The van der Waals surface area contributed by atoms with E-state index in [0.717, 1.165) is 17.8 Å². The number of rotatable bonds is 3. The molecular weight excluding hydrogens is 400 g/mol. The first-order valence-corrected chi connectivity index (χ1v) is 10.7. The molecule has 2 aliphatic rings. The van der Waals surface area contributed by atoms with Crippen LogP contribution in [0.2, 0.25) is 0 Å².